The van der Waals surface area contributed by atoms with E-state index >= 15 is 0 Å². The molecule has 0 unspecified atom stereocenters. The molecule has 0 N–H and O–H groups in total. The van der Waals surface area contributed by atoms with E-state index < -0.39 is 12.8 Å². The minimum absolute atomic E-state index is 0.109. The van der Waals surface area contributed by atoms with Gasteiger partial charge in [0.1, 0.15) is 11.6 Å². The lowest BCUT2D eigenvalue weighted by Crippen LogP contribution is -2.19. The molecule has 0 aromatic carbocycles. The van der Waals surface area contributed by atoms with E-state index in [1.165, 1.54) is 12.3 Å². The molecule has 0 bridgehead atoms. The van der Waals surface area contributed by atoms with Crippen LogP contribution in [-0.2, 0) is 0 Å². The molecule has 0 aliphatic rings. The first kappa shape index (κ1) is 11.6. The fourth-order valence-electron chi connectivity index (χ4n) is 0.888. The molecule has 0 aliphatic carbocycles. The number of hydrogen-bond acceptors (Lipinski definition) is 3. The highest BCUT2D eigenvalue weighted by Gasteiger charge is 2.28. The second kappa shape index (κ2) is 4.37. The van der Waals surface area contributed by atoms with E-state index in [-0.39, 0.29) is 5.75 Å². The minimum Gasteiger partial charge on any atom is -0.483 e. The zero-order chi connectivity index (χ0) is 11.5. The maximum atomic E-state index is 11.8. The van der Waals surface area contributed by atoms with Gasteiger partial charge in [-0.05, 0) is 12.1 Å². The Morgan fingerprint density at radius 2 is 2.00 bits per heavy atom. The molecule has 3 nitrogen and oxygen atoms in total. The number of hydrogen-bond donors (Lipinski definition) is 0. The first-order valence-corrected chi connectivity index (χ1v) is 4.21. The van der Waals surface area contributed by atoms with E-state index in [4.69, 9.17) is 0 Å². The molecule has 0 radical (unpaired) electrons. The molecule has 0 amide bonds. The SMILES string of the molecule is CN(C)c1ccc(OCC(F)(F)F)cn1. The molecular formula is C9H11F3N2O. The summed E-state index contributed by atoms with van der Waals surface area (Å²) in [5.41, 5.74) is 0. The van der Waals surface area contributed by atoms with E-state index in [9.17, 15) is 13.2 Å². The van der Waals surface area contributed by atoms with Crippen molar-refractivity contribution in [3.63, 3.8) is 0 Å². The second-order valence-electron chi connectivity index (χ2n) is 3.15. The lowest BCUT2D eigenvalue weighted by Gasteiger charge is -2.12. The van der Waals surface area contributed by atoms with Crippen LogP contribution in [-0.4, -0.2) is 31.9 Å². The molecule has 15 heavy (non-hydrogen) atoms. The summed E-state index contributed by atoms with van der Waals surface area (Å²) in [5, 5.41) is 0. The molecule has 1 heterocycles. The molecule has 1 rings (SSSR count). The number of alkyl halides is 3. The third kappa shape index (κ3) is 4.05. The molecule has 0 aliphatic heterocycles. The van der Waals surface area contributed by atoms with Crippen molar-refractivity contribution in [2.45, 2.75) is 6.18 Å². The summed E-state index contributed by atoms with van der Waals surface area (Å²) in [7, 11) is 3.58. The Bertz CT molecular complexity index is 308. The molecule has 84 valence electrons. The third-order valence-corrected chi connectivity index (χ3v) is 1.58. The van der Waals surface area contributed by atoms with Crippen LogP contribution in [0, 0.1) is 0 Å². The smallest absolute Gasteiger partial charge is 0.422 e. The fourth-order valence-corrected chi connectivity index (χ4v) is 0.888. The van der Waals surface area contributed by atoms with Gasteiger partial charge in [0.05, 0.1) is 6.20 Å². The number of anilines is 1. The van der Waals surface area contributed by atoms with Gasteiger partial charge < -0.3 is 9.64 Å². The van der Waals surface area contributed by atoms with E-state index in [1.54, 1.807) is 25.1 Å². The van der Waals surface area contributed by atoms with Gasteiger partial charge in [0, 0.05) is 14.1 Å². The topological polar surface area (TPSA) is 25.4 Å². The zero-order valence-corrected chi connectivity index (χ0v) is 8.38. The summed E-state index contributed by atoms with van der Waals surface area (Å²) in [4.78, 5) is 5.66. The molecule has 6 heteroatoms. The van der Waals surface area contributed by atoms with E-state index in [1.807, 2.05) is 0 Å². The second-order valence-corrected chi connectivity index (χ2v) is 3.15. The van der Waals surface area contributed by atoms with Crippen molar-refractivity contribution in [1.82, 2.24) is 4.98 Å². The van der Waals surface area contributed by atoms with E-state index in [2.05, 4.69) is 9.72 Å². The number of halogens is 3. The standard InChI is InChI=1S/C9H11F3N2O/c1-14(2)8-4-3-7(5-13-8)15-6-9(10,11)12/h3-5H,6H2,1-2H3. The molecule has 1 aromatic heterocycles. The summed E-state index contributed by atoms with van der Waals surface area (Å²) < 4.78 is 39.9. The van der Waals surface area contributed by atoms with Gasteiger partial charge >= 0.3 is 6.18 Å². The van der Waals surface area contributed by atoms with Crippen molar-refractivity contribution in [2.75, 3.05) is 25.6 Å². The Morgan fingerprint density at radius 1 is 1.33 bits per heavy atom. The van der Waals surface area contributed by atoms with Gasteiger partial charge in [0.15, 0.2) is 6.61 Å². The first-order chi connectivity index (χ1) is 6.88. The molecular weight excluding hydrogens is 209 g/mol. The quantitative estimate of drug-likeness (QED) is 0.779. The fraction of sp³-hybridized carbons (Fsp3) is 0.444. The number of rotatable bonds is 3. The monoisotopic (exact) mass is 220 g/mol. The highest BCUT2D eigenvalue weighted by atomic mass is 19.4. The normalized spacial score (nSPS) is 11.3. The number of aromatic nitrogens is 1. The van der Waals surface area contributed by atoms with Gasteiger partial charge in [-0.15, -0.1) is 0 Å². The Labute approximate surface area is 85.5 Å². The van der Waals surface area contributed by atoms with Gasteiger partial charge in [-0.2, -0.15) is 13.2 Å². The van der Waals surface area contributed by atoms with Crippen LogP contribution in [0.4, 0.5) is 19.0 Å². The van der Waals surface area contributed by atoms with E-state index in [0.717, 1.165) is 0 Å². The third-order valence-electron chi connectivity index (χ3n) is 1.58. The average Bonchev–Trinajstić information content (AvgIpc) is 2.14. The molecule has 1 aromatic rings. The summed E-state index contributed by atoms with van der Waals surface area (Å²) in [6, 6.07) is 3.04. The van der Waals surface area contributed by atoms with Gasteiger partial charge in [-0.1, -0.05) is 0 Å². The Kier molecular flexibility index (Phi) is 3.39. The lowest BCUT2D eigenvalue weighted by molar-refractivity contribution is -0.153. The Hall–Kier alpha value is -1.46. The summed E-state index contributed by atoms with van der Waals surface area (Å²) >= 11 is 0. The number of pyridine rings is 1. The predicted octanol–water partition coefficient (Wildman–Crippen LogP) is 2.09. The van der Waals surface area contributed by atoms with Crippen LogP contribution >= 0.6 is 0 Å². The summed E-state index contributed by atoms with van der Waals surface area (Å²) in [6.45, 7) is -1.30. The average molecular weight is 220 g/mol. The lowest BCUT2D eigenvalue weighted by atomic mass is 10.4. The molecule has 0 fully saturated rings. The van der Waals surface area contributed by atoms with Gasteiger partial charge in [-0.25, -0.2) is 4.98 Å². The van der Waals surface area contributed by atoms with Crippen molar-refractivity contribution in [3.8, 4) is 5.75 Å². The largest absolute Gasteiger partial charge is 0.483 e. The van der Waals surface area contributed by atoms with Crippen molar-refractivity contribution in [1.29, 1.82) is 0 Å². The molecule has 0 saturated heterocycles. The van der Waals surface area contributed by atoms with Crippen LogP contribution in [0.1, 0.15) is 0 Å². The maximum Gasteiger partial charge on any atom is 0.422 e. The maximum absolute atomic E-state index is 11.8. The predicted molar refractivity (Wildman–Crippen MR) is 50.1 cm³/mol. The Morgan fingerprint density at radius 3 is 2.40 bits per heavy atom. The molecule has 0 spiro atoms. The van der Waals surface area contributed by atoms with Crippen LogP contribution in [0.5, 0.6) is 5.75 Å². The van der Waals surface area contributed by atoms with E-state index in [0.29, 0.717) is 5.82 Å². The minimum atomic E-state index is -4.32. The molecule has 0 saturated carbocycles. The van der Waals surface area contributed by atoms with Crippen LogP contribution in [0.25, 0.3) is 0 Å². The van der Waals surface area contributed by atoms with Crippen LogP contribution in [0.15, 0.2) is 18.3 Å². The van der Waals surface area contributed by atoms with Crippen LogP contribution < -0.4 is 9.64 Å². The first-order valence-electron chi connectivity index (χ1n) is 4.21. The summed E-state index contributed by atoms with van der Waals surface area (Å²) in [6.07, 6.45) is -3.05. The number of ether oxygens (including phenoxy) is 1. The molecule has 0 atom stereocenters. The number of nitrogens with zero attached hydrogens (tertiary/aromatic N) is 2. The van der Waals surface area contributed by atoms with Crippen molar-refractivity contribution in [3.05, 3.63) is 18.3 Å². The van der Waals surface area contributed by atoms with Gasteiger partial charge in [0.2, 0.25) is 0 Å². The highest BCUT2D eigenvalue weighted by Crippen LogP contribution is 2.19. The van der Waals surface area contributed by atoms with Crippen molar-refractivity contribution >= 4 is 5.82 Å². The van der Waals surface area contributed by atoms with Crippen LogP contribution in [0.2, 0.25) is 0 Å². The van der Waals surface area contributed by atoms with Crippen LogP contribution in [0.3, 0.4) is 0 Å². The zero-order valence-electron chi connectivity index (χ0n) is 8.38. The van der Waals surface area contributed by atoms with Crippen molar-refractivity contribution < 1.29 is 17.9 Å². The summed E-state index contributed by atoms with van der Waals surface area (Å²) in [5.74, 6) is 0.771. The van der Waals surface area contributed by atoms with Crippen molar-refractivity contribution in [2.24, 2.45) is 0 Å². The highest BCUT2D eigenvalue weighted by molar-refractivity contribution is 5.38. The van der Waals surface area contributed by atoms with Gasteiger partial charge in [-0.3, -0.25) is 0 Å². The Balaban J connectivity index is 2.57. The van der Waals surface area contributed by atoms with Gasteiger partial charge in [0.25, 0.3) is 0 Å².